The van der Waals surface area contributed by atoms with E-state index in [2.05, 4.69) is 29.7 Å². The van der Waals surface area contributed by atoms with E-state index in [1.54, 1.807) is 7.11 Å². The Morgan fingerprint density at radius 3 is 2.50 bits per heavy atom. The predicted molar refractivity (Wildman–Crippen MR) is 91.1 cm³/mol. The fourth-order valence-corrected chi connectivity index (χ4v) is 3.01. The molecule has 24 heavy (non-hydrogen) atoms. The average molecular weight is 324 g/mol. The normalized spacial score (nSPS) is 18.0. The molecule has 0 radical (unpaired) electrons. The highest BCUT2D eigenvalue weighted by Gasteiger charge is 2.29. The Kier molecular flexibility index (Phi) is 4.51. The maximum absolute atomic E-state index is 11.7. The molecule has 2 unspecified atom stereocenters. The number of hydrogen-bond acceptors (Lipinski definition) is 3. The van der Waals surface area contributed by atoms with Crippen molar-refractivity contribution in [3.8, 4) is 5.75 Å². The lowest BCUT2D eigenvalue weighted by Crippen LogP contribution is -2.31. The van der Waals surface area contributed by atoms with Gasteiger partial charge in [0, 0.05) is 17.9 Å². The second-order valence-electron chi connectivity index (χ2n) is 5.93. The Labute approximate surface area is 141 Å². The third-order valence-corrected chi connectivity index (χ3v) is 4.36. The molecule has 1 saturated heterocycles. The van der Waals surface area contributed by atoms with Gasteiger partial charge in [-0.3, -0.25) is 10.1 Å². The van der Waals surface area contributed by atoms with E-state index >= 15 is 0 Å². The van der Waals surface area contributed by atoms with Crippen LogP contribution in [0.25, 0.3) is 0 Å². The summed E-state index contributed by atoms with van der Waals surface area (Å²) in [4.78, 5) is 23.0. The third kappa shape index (κ3) is 3.25. The van der Waals surface area contributed by atoms with E-state index in [0.29, 0.717) is 6.42 Å². The van der Waals surface area contributed by atoms with Crippen molar-refractivity contribution in [2.24, 2.45) is 0 Å². The molecule has 0 aromatic heterocycles. The Bertz CT molecular complexity index is 758. The lowest BCUT2D eigenvalue weighted by Gasteiger charge is -2.18. The molecular weight excluding hydrogens is 304 g/mol. The van der Waals surface area contributed by atoms with Crippen molar-refractivity contribution in [1.29, 1.82) is 0 Å². The van der Waals surface area contributed by atoms with Crippen molar-refractivity contribution in [3.05, 3.63) is 65.2 Å². The van der Waals surface area contributed by atoms with E-state index in [9.17, 15) is 9.59 Å². The minimum Gasteiger partial charge on any atom is -0.496 e. The quantitative estimate of drug-likeness (QED) is 0.831. The molecule has 0 saturated carbocycles. The van der Waals surface area contributed by atoms with Gasteiger partial charge in [-0.25, -0.2) is 4.79 Å². The number of benzene rings is 2. The average Bonchev–Trinajstić information content (AvgIpc) is 2.92. The van der Waals surface area contributed by atoms with Crippen LogP contribution in [0.5, 0.6) is 5.75 Å². The largest absolute Gasteiger partial charge is 0.496 e. The molecule has 3 amide bonds. The molecule has 2 aromatic carbocycles. The molecule has 0 aliphatic carbocycles. The van der Waals surface area contributed by atoms with Crippen molar-refractivity contribution in [2.75, 3.05) is 7.11 Å². The SMILES string of the molecule is COc1ccc(CC2NC(=O)NC2=O)cc1C(C)c1ccccc1. The van der Waals surface area contributed by atoms with Crippen LogP contribution in [0.1, 0.15) is 29.5 Å². The van der Waals surface area contributed by atoms with E-state index < -0.39 is 12.1 Å². The van der Waals surface area contributed by atoms with Crippen molar-refractivity contribution in [3.63, 3.8) is 0 Å². The van der Waals surface area contributed by atoms with E-state index in [1.165, 1.54) is 5.56 Å². The van der Waals surface area contributed by atoms with E-state index in [0.717, 1.165) is 16.9 Å². The summed E-state index contributed by atoms with van der Waals surface area (Å²) in [6.07, 6.45) is 0.454. The fraction of sp³-hybridized carbons (Fsp3) is 0.263. The van der Waals surface area contributed by atoms with Gasteiger partial charge in [-0.15, -0.1) is 0 Å². The first-order valence-corrected chi connectivity index (χ1v) is 7.91. The van der Waals surface area contributed by atoms with E-state index in [-0.39, 0.29) is 11.8 Å². The van der Waals surface area contributed by atoms with Gasteiger partial charge in [-0.1, -0.05) is 49.4 Å². The molecule has 124 valence electrons. The minimum atomic E-state index is -0.522. The first-order valence-electron chi connectivity index (χ1n) is 7.91. The van der Waals surface area contributed by atoms with Crippen LogP contribution in [0.3, 0.4) is 0 Å². The smallest absolute Gasteiger partial charge is 0.322 e. The van der Waals surface area contributed by atoms with Gasteiger partial charge >= 0.3 is 6.03 Å². The van der Waals surface area contributed by atoms with Crippen LogP contribution in [-0.2, 0) is 11.2 Å². The first-order chi connectivity index (χ1) is 11.6. The Balaban J connectivity index is 1.88. The summed E-state index contributed by atoms with van der Waals surface area (Å²) in [6, 6.07) is 15.1. The molecule has 2 aromatic rings. The molecular formula is C19H20N2O3. The van der Waals surface area contributed by atoms with Crippen molar-refractivity contribution in [2.45, 2.75) is 25.3 Å². The van der Waals surface area contributed by atoms with E-state index in [1.807, 2.05) is 36.4 Å². The Morgan fingerprint density at radius 1 is 1.12 bits per heavy atom. The Morgan fingerprint density at radius 2 is 1.88 bits per heavy atom. The first kappa shape index (κ1) is 16.1. The van der Waals surface area contributed by atoms with Gasteiger partial charge in [-0.2, -0.15) is 0 Å². The van der Waals surface area contributed by atoms with Crippen molar-refractivity contribution in [1.82, 2.24) is 10.6 Å². The minimum absolute atomic E-state index is 0.160. The van der Waals surface area contributed by atoms with Crippen LogP contribution in [0.4, 0.5) is 4.79 Å². The van der Waals surface area contributed by atoms with Gasteiger partial charge in [0.05, 0.1) is 7.11 Å². The highest BCUT2D eigenvalue weighted by molar-refractivity contribution is 6.04. The second-order valence-corrected chi connectivity index (χ2v) is 5.93. The molecule has 0 bridgehead atoms. The summed E-state index contributed by atoms with van der Waals surface area (Å²) in [6.45, 7) is 2.13. The van der Waals surface area contributed by atoms with Crippen LogP contribution in [0, 0.1) is 0 Å². The Hall–Kier alpha value is -2.82. The number of imide groups is 1. The monoisotopic (exact) mass is 324 g/mol. The number of ether oxygens (including phenoxy) is 1. The summed E-state index contributed by atoms with van der Waals surface area (Å²) < 4.78 is 5.50. The van der Waals surface area contributed by atoms with Gasteiger partial charge in [-0.05, 0) is 17.2 Å². The predicted octanol–water partition coefficient (Wildman–Crippen LogP) is 2.60. The maximum atomic E-state index is 11.7. The van der Waals surface area contributed by atoms with Gasteiger partial charge < -0.3 is 10.1 Å². The van der Waals surface area contributed by atoms with Crippen LogP contribution >= 0.6 is 0 Å². The third-order valence-electron chi connectivity index (χ3n) is 4.36. The van der Waals surface area contributed by atoms with Gasteiger partial charge in [0.1, 0.15) is 11.8 Å². The number of rotatable bonds is 5. The van der Waals surface area contributed by atoms with E-state index in [4.69, 9.17) is 4.74 Å². The molecule has 1 aliphatic heterocycles. The number of hydrogen-bond donors (Lipinski definition) is 2. The van der Waals surface area contributed by atoms with Crippen LogP contribution < -0.4 is 15.4 Å². The number of nitrogens with one attached hydrogen (secondary N) is 2. The zero-order chi connectivity index (χ0) is 17.1. The molecule has 0 spiro atoms. The van der Waals surface area contributed by atoms with Crippen molar-refractivity contribution < 1.29 is 14.3 Å². The molecule has 3 rings (SSSR count). The number of urea groups is 1. The summed E-state index contributed by atoms with van der Waals surface area (Å²) >= 11 is 0. The standard InChI is InChI=1S/C19H20N2O3/c1-12(14-6-4-3-5-7-14)15-10-13(8-9-17(15)24-2)11-16-18(22)21-19(23)20-16/h3-10,12,16H,11H2,1-2H3,(H2,20,21,22,23). The topological polar surface area (TPSA) is 67.4 Å². The van der Waals surface area contributed by atoms with Crippen LogP contribution in [0.15, 0.2) is 48.5 Å². The highest BCUT2D eigenvalue weighted by Crippen LogP contribution is 2.32. The van der Waals surface area contributed by atoms with Gasteiger partial charge in [0.25, 0.3) is 5.91 Å². The zero-order valence-corrected chi connectivity index (χ0v) is 13.7. The highest BCUT2D eigenvalue weighted by atomic mass is 16.5. The van der Waals surface area contributed by atoms with Crippen LogP contribution in [-0.4, -0.2) is 25.1 Å². The van der Waals surface area contributed by atoms with Crippen molar-refractivity contribution >= 4 is 11.9 Å². The zero-order valence-electron chi connectivity index (χ0n) is 13.7. The number of carbonyl (C=O) groups excluding carboxylic acids is 2. The molecule has 1 fully saturated rings. The summed E-state index contributed by atoms with van der Waals surface area (Å²) in [5.74, 6) is 0.691. The molecule has 1 aliphatic rings. The molecule has 5 heteroatoms. The number of amides is 3. The van der Waals surface area contributed by atoms with Crippen LogP contribution in [0.2, 0.25) is 0 Å². The number of methoxy groups -OCH3 is 1. The molecule has 2 N–H and O–H groups in total. The lowest BCUT2D eigenvalue weighted by molar-refractivity contribution is -0.120. The second kappa shape index (κ2) is 6.74. The summed E-state index contributed by atoms with van der Waals surface area (Å²) in [5.41, 5.74) is 3.24. The summed E-state index contributed by atoms with van der Waals surface area (Å²) in [7, 11) is 1.65. The van der Waals surface area contributed by atoms with Gasteiger partial charge in [0.15, 0.2) is 0 Å². The molecule has 1 heterocycles. The molecule has 2 atom stereocenters. The molecule has 5 nitrogen and oxygen atoms in total. The lowest BCUT2D eigenvalue weighted by atomic mass is 9.90. The maximum Gasteiger partial charge on any atom is 0.322 e. The summed E-state index contributed by atoms with van der Waals surface area (Å²) in [5, 5.41) is 4.89. The number of carbonyl (C=O) groups is 2. The van der Waals surface area contributed by atoms with Gasteiger partial charge in [0.2, 0.25) is 0 Å². The fourth-order valence-electron chi connectivity index (χ4n) is 3.01.